The van der Waals surface area contributed by atoms with Gasteiger partial charge >= 0.3 is 11.7 Å². The lowest BCUT2D eigenvalue weighted by Gasteiger charge is -2.07. The van der Waals surface area contributed by atoms with Crippen LogP contribution in [0.2, 0.25) is 0 Å². The Labute approximate surface area is 126 Å². The first-order chi connectivity index (χ1) is 10.1. The molecule has 1 heterocycles. The number of esters is 1. The number of hydrogen-bond donors (Lipinski definition) is 2. The average Bonchev–Trinajstić information content (AvgIpc) is 2.49. The fraction of sp³-hybridized carbons (Fsp3) is 0.500. The molecular formula is C12H17N3O5S. The zero-order valence-electron chi connectivity index (χ0n) is 11.6. The number of thioether (sulfide) groups is 1. The number of anilines is 1. The summed E-state index contributed by atoms with van der Waals surface area (Å²) in [5.74, 6) is 0.924. The van der Waals surface area contributed by atoms with Crippen molar-refractivity contribution in [3.8, 4) is 0 Å². The number of nitrogens with zero attached hydrogens (tertiary/aromatic N) is 2. The fourth-order valence-electron chi connectivity index (χ4n) is 1.46. The van der Waals surface area contributed by atoms with Gasteiger partial charge in [-0.3, -0.25) is 10.1 Å². The Kier molecular flexibility index (Phi) is 7.48. The Balaban J connectivity index is 2.68. The molecule has 0 unspecified atom stereocenters. The number of nitro groups is 1. The van der Waals surface area contributed by atoms with Gasteiger partial charge < -0.3 is 15.2 Å². The Hall–Kier alpha value is -1.87. The second kappa shape index (κ2) is 9.14. The van der Waals surface area contributed by atoms with Gasteiger partial charge in [0.15, 0.2) is 5.69 Å². The summed E-state index contributed by atoms with van der Waals surface area (Å²) in [6.07, 6.45) is 0.709. The zero-order valence-corrected chi connectivity index (χ0v) is 12.4. The molecule has 2 N–H and O–H groups in total. The molecule has 0 aliphatic rings. The highest BCUT2D eigenvalue weighted by Gasteiger charge is 2.18. The first-order valence-corrected chi connectivity index (χ1v) is 7.41. The zero-order chi connectivity index (χ0) is 15.7. The van der Waals surface area contributed by atoms with Crippen LogP contribution in [0.15, 0.2) is 12.1 Å². The molecule has 8 nitrogen and oxygen atoms in total. The monoisotopic (exact) mass is 315 g/mol. The number of hydrogen-bond acceptors (Lipinski definition) is 8. The number of carbonyl (C=O) groups is 1. The molecule has 1 rings (SSSR count). The minimum absolute atomic E-state index is 0.0125. The molecule has 0 aliphatic heterocycles. The summed E-state index contributed by atoms with van der Waals surface area (Å²) < 4.78 is 4.53. The van der Waals surface area contributed by atoms with E-state index >= 15 is 0 Å². The highest BCUT2D eigenvalue weighted by molar-refractivity contribution is 7.99. The van der Waals surface area contributed by atoms with Gasteiger partial charge in [0.1, 0.15) is 0 Å². The van der Waals surface area contributed by atoms with Crippen LogP contribution in [0.4, 0.5) is 11.5 Å². The lowest BCUT2D eigenvalue weighted by Crippen LogP contribution is -2.12. The number of rotatable bonds is 9. The third-order valence-electron chi connectivity index (χ3n) is 2.45. The van der Waals surface area contributed by atoms with Crippen LogP contribution in [0.3, 0.4) is 0 Å². The van der Waals surface area contributed by atoms with Gasteiger partial charge in [0, 0.05) is 25.0 Å². The van der Waals surface area contributed by atoms with Crippen molar-refractivity contribution < 1.29 is 19.6 Å². The number of aliphatic hydroxyl groups excluding tert-OH is 1. The summed E-state index contributed by atoms with van der Waals surface area (Å²) in [4.78, 5) is 25.7. The molecule has 0 fully saturated rings. The number of aliphatic hydroxyl groups is 1. The van der Waals surface area contributed by atoms with E-state index in [1.165, 1.54) is 19.2 Å². The quantitative estimate of drug-likeness (QED) is 0.303. The summed E-state index contributed by atoms with van der Waals surface area (Å²) in [7, 11) is 1.22. The molecule has 0 saturated carbocycles. The average molecular weight is 315 g/mol. The van der Waals surface area contributed by atoms with Crippen molar-refractivity contribution in [3.05, 3.63) is 27.9 Å². The third-order valence-corrected chi connectivity index (χ3v) is 3.52. The van der Waals surface area contributed by atoms with Crippen molar-refractivity contribution in [2.75, 3.05) is 37.1 Å². The molecule has 0 bridgehead atoms. The van der Waals surface area contributed by atoms with E-state index in [9.17, 15) is 14.9 Å². The van der Waals surface area contributed by atoms with Gasteiger partial charge in [-0.05, 0) is 18.2 Å². The normalized spacial score (nSPS) is 10.2. The maximum atomic E-state index is 11.4. The Bertz CT molecular complexity index is 498. The van der Waals surface area contributed by atoms with Gasteiger partial charge in [-0.25, -0.2) is 9.78 Å². The molecule has 0 radical (unpaired) electrons. The first kappa shape index (κ1) is 17.2. The van der Waals surface area contributed by atoms with Crippen LogP contribution < -0.4 is 5.32 Å². The summed E-state index contributed by atoms with van der Waals surface area (Å²) >= 11 is 1.61. The smallest absolute Gasteiger partial charge is 0.356 e. The first-order valence-electron chi connectivity index (χ1n) is 6.26. The SMILES string of the molecule is COC(=O)c1ccc([N+](=O)[O-])c(NCCSCCCO)n1. The van der Waals surface area contributed by atoms with E-state index in [1.807, 2.05) is 0 Å². The third kappa shape index (κ3) is 5.56. The van der Waals surface area contributed by atoms with Crippen molar-refractivity contribution in [1.29, 1.82) is 0 Å². The van der Waals surface area contributed by atoms with Gasteiger partial charge in [0.05, 0.1) is 12.0 Å². The van der Waals surface area contributed by atoms with Crippen molar-refractivity contribution >= 4 is 29.2 Å². The lowest BCUT2D eigenvalue weighted by molar-refractivity contribution is -0.384. The van der Waals surface area contributed by atoms with E-state index in [0.29, 0.717) is 18.7 Å². The van der Waals surface area contributed by atoms with E-state index in [2.05, 4.69) is 15.0 Å². The largest absolute Gasteiger partial charge is 0.464 e. The van der Waals surface area contributed by atoms with Crippen molar-refractivity contribution in [2.24, 2.45) is 0 Å². The van der Waals surface area contributed by atoms with Gasteiger partial charge in [0.2, 0.25) is 5.82 Å². The molecule has 1 aromatic rings. The maximum absolute atomic E-state index is 11.4. The van der Waals surface area contributed by atoms with Gasteiger partial charge in [0.25, 0.3) is 0 Å². The molecule has 0 aromatic carbocycles. The Morgan fingerprint density at radius 2 is 2.29 bits per heavy atom. The molecule has 21 heavy (non-hydrogen) atoms. The number of pyridine rings is 1. The highest BCUT2D eigenvalue weighted by Crippen LogP contribution is 2.22. The highest BCUT2D eigenvalue weighted by atomic mass is 32.2. The van der Waals surface area contributed by atoms with Crippen LogP contribution >= 0.6 is 11.8 Å². The van der Waals surface area contributed by atoms with Gasteiger partial charge in [-0.2, -0.15) is 11.8 Å². The lowest BCUT2D eigenvalue weighted by atomic mass is 10.3. The predicted octanol–water partition coefficient (Wildman–Crippen LogP) is 1.30. The standard InChI is InChI=1S/C12H17N3O5S/c1-20-12(17)9-3-4-10(15(18)19)11(14-9)13-5-8-21-7-2-6-16/h3-4,16H,2,5-8H2,1H3,(H,13,14). The van der Waals surface area contributed by atoms with Gasteiger partial charge in [-0.15, -0.1) is 0 Å². The molecule has 1 aromatic heterocycles. The van der Waals surface area contributed by atoms with Crippen LogP contribution in [0, 0.1) is 10.1 Å². The second-order valence-corrected chi connectivity index (χ2v) is 5.15. The number of methoxy groups -OCH3 is 1. The van der Waals surface area contributed by atoms with Crippen molar-refractivity contribution in [1.82, 2.24) is 4.98 Å². The maximum Gasteiger partial charge on any atom is 0.356 e. The summed E-state index contributed by atoms with van der Waals surface area (Å²) in [6.45, 7) is 0.614. The van der Waals surface area contributed by atoms with Crippen LogP contribution in [0.25, 0.3) is 0 Å². The summed E-state index contributed by atoms with van der Waals surface area (Å²) in [5.41, 5.74) is -0.179. The van der Waals surface area contributed by atoms with E-state index < -0.39 is 10.9 Å². The van der Waals surface area contributed by atoms with E-state index in [4.69, 9.17) is 5.11 Å². The molecular weight excluding hydrogens is 298 g/mol. The van der Waals surface area contributed by atoms with Crippen LogP contribution in [0.5, 0.6) is 0 Å². The minimum atomic E-state index is -0.648. The van der Waals surface area contributed by atoms with Crippen LogP contribution in [-0.2, 0) is 4.74 Å². The second-order valence-electron chi connectivity index (χ2n) is 3.93. The number of nitrogens with one attached hydrogen (secondary N) is 1. The van der Waals surface area contributed by atoms with E-state index in [-0.39, 0.29) is 23.8 Å². The van der Waals surface area contributed by atoms with Gasteiger partial charge in [-0.1, -0.05) is 0 Å². The summed E-state index contributed by atoms with van der Waals surface area (Å²) in [6, 6.07) is 2.48. The fourth-order valence-corrected chi connectivity index (χ4v) is 2.24. The van der Waals surface area contributed by atoms with Crippen molar-refractivity contribution in [2.45, 2.75) is 6.42 Å². The minimum Gasteiger partial charge on any atom is -0.464 e. The van der Waals surface area contributed by atoms with E-state index in [1.54, 1.807) is 11.8 Å². The van der Waals surface area contributed by atoms with E-state index in [0.717, 1.165) is 5.75 Å². The molecule has 0 aliphatic carbocycles. The number of carbonyl (C=O) groups excluding carboxylic acids is 1. The predicted molar refractivity (Wildman–Crippen MR) is 79.7 cm³/mol. The van der Waals surface area contributed by atoms with Crippen molar-refractivity contribution in [3.63, 3.8) is 0 Å². The molecule has 9 heteroatoms. The molecule has 0 amide bonds. The molecule has 116 valence electrons. The summed E-state index contributed by atoms with van der Waals surface area (Å²) in [5, 5.41) is 22.4. The molecule has 0 saturated heterocycles. The Morgan fingerprint density at radius 3 is 2.90 bits per heavy atom. The topological polar surface area (TPSA) is 115 Å². The van der Waals surface area contributed by atoms with Crippen LogP contribution in [0.1, 0.15) is 16.9 Å². The number of ether oxygens (including phenoxy) is 1. The molecule has 0 spiro atoms. The van der Waals surface area contributed by atoms with Crippen LogP contribution in [-0.4, -0.2) is 52.8 Å². The Morgan fingerprint density at radius 1 is 1.52 bits per heavy atom. The molecule has 0 atom stereocenters. The number of aromatic nitrogens is 1.